The molecule has 1 N–H and O–H groups in total. The Morgan fingerprint density at radius 1 is 1.02 bits per heavy atom. The highest BCUT2D eigenvalue weighted by atomic mass is 32.2. The maximum absolute atomic E-state index is 12.5. The summed E-state index contributed by atoms with van der Waals surface area (Å²) in [5, 5.41) is 0. The quantitative estimate of drug-likeness (QED) is 0.264. The van der Waals surface area contributed by atoms with Crippen LogP contribution in [0.2, 0.25) is 0 Å². The first-order valence-corrected chi connectivity index (χ1v) is 16.2. The van der Waals surface area contributed by atoms with Crippen LogP contribution in [0.3, 0.4) is 0 Å². The van der Waals surface area contributed by atoms with Gasteiger partial charge in [0.15, 0.2) is 9.84 Å². The molecule has 1 aliphatic carbocycles. The van der Waals surface area contributed by atoms with Gasteiger partial charge in [-0.3, -0.25) is 0 Å². The molecule has 6 rings (SSSR count). The smallest absolute Gasteiger partial charge is 0.387 e. The first kappa shape index (κ1) is 29.0. The molecule has 0 saturated carbocycles. The van der Waals surface area contributed by atoms with E-state index in [1.54, 1.807) is 18.5 Å². The third-order valence-corrected chi connectivity index (χ3v) is 9.21. The monoisotopic (exact) mass is 605 g/mol. The normalized spacial score (nSPS) is 16.3. The van der Waals surface area contributed by atoms with E-state index in [1.807, 2.05) is 31.2 Å². The molecule has 2 aromatic heterocycles. The lowest BCUT2D eigenvalue weighted by atomic mass is 9.79. The number of sulfone groups is 1. The molecule has 1 fully saturated rings. The van der Waals surface area contributed by atoms with Gasteiger partial charge < -0.3 is 14.6 Å². The summed E-state index contributed by atoms with van der Waals surface area (Å²) in [6, 6.07) is 14.3. The Hall–Kier alpha value is -4.12. The summed E-state index contributed by atoms with van der Waals surface area (Å²) in [6.45, 7) is 2.95. The van der Waals surface area contributed by atoms with E-state index >= 15 is 0 Å². The summed E-state index contributed by atoms with van der Waals surface area (Å²) < 4.78 is 52.8. The van der Waals surface area contributed by atoms with Crippen molar-refractivity contribution in [3.05, 3.63) is 88.8 Å². The van der Waals surface area contributed by atoms with E-state index in [9.17, 15) is 17.2 Å². The van der Waals surface area contributed by atoms with Crippen LogP contribution in [0.25, 0.3) is 22.9 Å². The number of halogens is 2. The van der Waals surface area contributed by atoms with Crippen molar-refractivity contribution in [2.24, 2.45) is 0 Å². The molecule has 1 aliphatic heterocycles. The zero-order valence-corrected chi connectivity index (χ0v) is 25.1. The number of hydrogen-bond acceptors (Lipinski definition) is 7. The lowest BCUT2D eigenvalue weighted by Crippen LogP contribution is -2.42. The van der Waals surface area contributed by atoms with Gasteiger partial charge in [0.2, 0.25) is 0 Å². The number of nitrogens with zero attached hydrogens (tertiary/aromatic N) is 4. The van der Waals surface area contributed by atoms with Crippen molar-refractivity contribution in [3.63, 3.8) is 0 Å². The zero-order valence-electron chi connectivity index (χ0n) is 24.3. The minimum atomic E-state index is -3.09. The number of allylic oxidation sites excluding steroid dienone is 1. The number of anilines is 1. The van der Waals surface area contributed by atoms with Crippen molar-refractivity contribution in [2.45, 2.75) is 50.9 Å². The number of hydrogen-bond donors (Lipinski definition) is 1. The van der Waals surface area contributed by atoms with Gasteiger partial charge in [0, 0.05) is 48.0 Å². The Kier molecular flexibility index (Phi) is 7.53. The number of aryl methyl sites for hydroxylation is 1. The Morgan fingerprint density at radius 3 is 2.35 bits per heavy atom. The molecule has 8 nitrogen and oxygen atoms in total. The van der Waals surface area contributed by atoms with Gasteiger partial charge in [-0.25, -0.2) is 23.4 Å². The summed E-state index contributed by atoms with van der Waals surface area (Å²) in [5.74, 6) is 1.99. The zero-order chi connectivity index (χ0) is 30.4. The van der Waals surface area contributed by atoms with Crippen LogP contribution >= 0.6 is 0 Å². The van der Waals surface area contributed by atoms with Gasteiger partial charge in [0.25, 0.3) is 0 Å². The molecular formula is C32H33F2N5O3S. The third-order valence-electron chi connectivity index (χ3n) is 8.35. The molecule has 43 heavy (non-hydrogen) atoms. The van der Waals surface area contributed by atoms with Gasteiger partial charge in [-0.1, -0.05) is 31.2 Å². The summed E-state index contributed by atoms with van der Waals surface area (Å²) in [6.07, 6.45) is 7.48. The van der Waals surface area contributed by atoms with Crippen LogP contribution in [0, 0.1) is 6.92 Å². The van der Waals surface area contributed by atoms with Crippen molar-refractivity contribution >= 4 is 27.3 Å². The third kappa shape index (κ3) is 6.17. The second kappa shape index (κ2) is 11.2. The Bertz CT molecular complexity index is 1780. The van der Waals surface area contributed by atoms with Crippen molar-refractivity contribution < 1.29 is 21.9 Å². The Morgan fingerprint density at radius 2 is 1.70 bits per heavy atom. The number of imidazole rings is 1. The summed E-state index contributed by atoms with van der Waals surface area (Å²) in [7, 11) is -3.09. The van der Waals surface area contributed by atoms with Crippen molar-refractivity contribution in [2.75, 3.05) is 24.2 Å². The molecule has 0 unspecified atom stereocenters. The fraction of sp³-hybridized carbons (Fsp3) is 0.344. The van der Waals surface area contributed by atoms with Gasteiger partial charge in [0.1, 0.15) is 23.7 Å². The number of nitrogens with one attached hydrogen (secondary N) is 1. The molecule has 1 saturated heterocycles. The lowest BCUT2D eigenvalue weighted by Gasteiger charge is -2.39. The first-order chi connectivity index (χ1) is 20.5. The van der Waals surface area contributed by atoms with Gasteiger partial charge >= 0.3 is 6.61 Å². The van der Waals surface area contributed by atoms with Crippen LogP contribution in [-0.4, -0.2) is 54.3 Å². The van der Waals surface area contributed by atoms with E-state index in [4.69, 9.17) is 4.98 Å². The number of alkyl halides is 2. The highest BCUT2D eigenvalue weighted by Crippen LogP contribution is 2.40. The summed E-state index contributed by atoms with van der Waals surface area (Å²) in [5.41, 5.74) is 7.39. The fourth-order valence-corrected chi connectivity index (χ4v) is 6.74. The fourth-order valence-electron chi connectivity index (χ4n) is 5.94. The van der Waals surface area contributed by atoms with E-state index in [0.717, 1.165) is 82.5 Å². The minimum Gasteiger partial charge on any atom is -0.435 e. The molecular weight excluding hydrogens is 572 g/mol. The molecule has 0 atom stereocenters. The van der Waals surface area contributed by atoms with Crippen LogP contribution in [0.15, 0.2) is 54.9 Å². The van der Waals surface area contributed by atoms with E-state index in [0.29, 0.717) is 6.42 Å². The van der Waals surface area contributed by atoms with E-state index in [2.05, 4.69) is 37.6 Å². The van der Waals surface area contributed by atoms with Gasteiger partial charge in [0.05, 0.1) is 17.1 Å². The number of aromatic nitrogens is 4. The van der Waals surface area contributed by atoms with Gasteiger partial charge in [-0.2, -0.15) is 8.78 Å². The number of piperidine rings is 1. The molecule has 0 radical (unpaired) electrons. The maximum Gasteiger partial charge on any atom is 0.387 e. The molecule has 2 aromatic carbocycles. The number of fused-ring (bicyclic) bond motifs is 1. The number of ether oxygens (including phenoxy) is 1. The standard InChI is InChI=1S/C32H33F2N5O3S/c1-20-28(23-8-10-25(11-9-23)42-31(33)34)38-30(37-20)32(2)12-14-39(15-13-32)29-26-16-24(17-27(26)35-19-36-29)22-6-4-21(5-7-22)18-43(3,40)41/h4-11,16,19,31H,12-15,17-18H2,1-3H3,(H,37,38). The van der Waals surface area contributed by atoms with Crippen LogP contribution in [0.4, 0.5) is 14.6 Å². The molecule has 0 bridgehead atoms. The second-order valence-corrected chi connectivity index (χ2v) is 13.8. The van der Waals surface area contributed by atoms with Crippen molar-refractivity contribution in [1.29, 1.82) is 0 Å². The number of aromatic amines is 1. The van der Waals surface area contributed by atoms with Crippen LogP contribution in [0.1, 0.15) is 53.7 Å². The molecule has 11 heteroatoms. The average molecular weight is 606 g/mol. The summed E-state index contributed by atoms with van der Waals surface area (Å²) in [4.78, 5) is 20.0. The van der Waals surface area contributed by atoms with Crippen molar-refractivity contribution in [3.8, 4) is 17.0 Å². The molecule has 4 aromatic rings. The highest BCUT2D eigenvalue weighted by molar-refractivity contribution is 7.89. The first-order valence-electron chi connectivity index (χ1n) is 14.2. The van der Waals surface area contributed by atoms with E-state index < -0.39 is 16.4 Å². The SMILES string of the molecule is Cc1[nH]c(C2(C)CCN(c3ncnc4c3C=C(c3ccc(CS(C)(=O)=O)cc3)C4)CC2)nc1-c1ccc(OC(F)F)cc1. The topological polar surface area (TPSA) is 101 Å². The predicted molar refractivity (Wildman–Crippen MR) is 163 cm³/mol. The highest BCUT2D eigenvalue weighted by Gasteiger charge is 2.36. The molecule has 3 heterocycles. The minimum absolute atomic E-state index is 0.0288. The Balaban J connectivity index is 1.16. The lowest BCUT2D eigenvalue weighted by molar-refractivity contribution is -0.0498. The summed E-state index contributed by atoms with van der Waals surface area (Å²) >= 11 is 0. The molecule has 224 valence electrons. The van der Waals surface area contributed by atoms with Crippen LogP contribution in [0.5, 0.6) is 5.75 Å². The van der Waals surface area contributed by atoms with Gasteiger partial charge in [-0.05, 0) is 66.8 Å². The largest absolute Gasteiger partial charge is 0.435 e. The number of benzene rings is 2. The van der Waals surface area contributed by atoms with Crippen LogP contribution < -0.4 is 9.64 Å². The molecule has 0 spiro atoms. The molecule has 0 amide bonds. The molecule has 2 aliphatic rings. The average Bonchev–Trinajstić information content (AvgIpc) is 3.58. The van der Waals surface area contributed by atoms with Gasteiger partial charge in [-0.15, -0.1) is 0 Å². The maximum atomic E-state index is 12.5. The number of rotatable bonds is 8. The van der Waals surface area contributed by atoms with E-state index in [1.165, 1.54) is 18.4 Å². The van der Waals surface area contributed by atoms with Crippen LogP contribution in [-0.2, 0) is 27.4 Å². The second-order valence-electron chi connectivity index (χ2n) is 11.7. The van der Waals surface area contributed by atoms with Crippen molar-refractivity contribution in [1.82, 2.24) is 19.9 Å². The number of H-pyrrole nitrogens is 1. The Labute approximate surface area is 249 Å². The predicted octanol–water partition coefficient (Wildman–Crippen LogP) is 5.98. The van der Waals surface area contributed by atoms with E-state index in [-0.39, 0.29) is 16.9 Å².